The SMILES string of the molecule is CCN(CCBr)Cc1ccc(OC)c(Br)c1. The van der Waals surface area contributed by atoms with Gasteiger partial charge >= 0.3 is 0 Å². The molecule has 90 valence electrons. The molecule has 1 rings (SSSR count). The Morgan fingerprint density at radius 3 is 2.62 bits per heavy atom. The molecule has 0 aliphatic heterocycles. The van der Waals surface area contributed by atoms with Crippen LogP contribution < -0.4 is 4.74 Å². The molecule has 0 atom stereocenters. The topological polar surface area (TPSA) is 12.5 Å². The molecular formula is C12H17Br2NO. The molecule has 0 saturated carbocycles. The number of nitrogens with zero attached hydrogens (tertiary/aromatic N) is 1. The molecule has 0 saturated heterocycles. The molecule has 0 spiro atoms. The normalized spacial score (nSPS) is 10.8. The van der Waals surface area contributed by atoms with Crippen LogP contribution in [0.25, 0.3) is 0 Å². The molecular weight excluding hydrogens is 334 g/mol. The Morgan fingerprint density at radius 2 is 2.12 bits per heavy atom. The van der Waals surface area contributed by atoms with Gasteiger partial charge in [0, 0.05) is 18.4 Å². The van der Waals surface area contributed by atoms with E-state index in [1.165, 1.54) is 5.56 Å². The molecule has 0 heterocycles. The van der Waals surface area contributed by atoms with E-state index in [-0.39, 0.29) is 0 Å². The molecule has 0 aromatic heterocycles. The lowest BCUT2D eigenvalue weighted by Gasteiger charge is -2.19. The number of benzene rings is 1. The van der Waals surface area contributed by atoms with Crippen molar-refractivity contribution in [1.29, 1.82) is 0 Å². The number of alkyl halides is 1. The number of rotatable bonds is 6. The number of hydrogen-bond acceptors (Lipinski definition) is 2. The van der Waals surface area contributed by atoms with Crippen molar-refractivity contribution >= 4 is 31.9 Å². The fourth-order valence-corrected chi connectivity index (χ4v) is 2.62. The van der Waals surface area contributed by atoms with Gasteiger partial charge in [-0.2, -0.15) is 0 Å². The highest BCUT2D eigenvalue weighted by Gasteiger charge is 2.05. The predicted molar refractivity (Wildman–Crippen MR) is 75.4 cm³/mol. The summed E-state index contributed by atoms with van der Waals surface area (Å²) in [6.45, 7) is 5.29. The summed E-state index contributed by atoms with van der Waals surface area (Å²) in [5.41, 5.74) is 1.30. The number of halogens is 2. The minimum absolute atomic E-state index is 0.882. The van der Waals surface area contributed by atoms with E-state index in [0.717, 1.165) is 35.2 Å². The Kier molecular flexibility index (Phi) is 6.39. The number of ether oxygens (including phenoxy) is 1. The first-order valence-corrected chi connectivity index (χ1v) is 7.23. The predicted octanol–water partition coefficient (Wildman–Crippen LogP) is 3.67. The maximum absolute atomic E-state index is 5.21. The van der Waals surface area contributed by atoms with E-state index < -0.39 is 0 Å². The zero-order chi connectivity index (χ0) is 12.0. The molecule has 16 heavy (non-hydrogen) atoms. The van der Waals surface area contributed by atoms with Crippen molar-refractivity contribution in [2.24, 2.45) is 0 Å². The van der Waals surface area contributed by atoms with E-state index in [0.29, 0.717) is 0 Å². The van der Waals surface area contributed by atoms with Gasteiger partial charge in [0.15, 0.2) is 0 Å². The van der Waals surface area contributed by atoms with Gasteiger partial charge in [-0.05, 0) is 40.2 Å². The largest absolute Gasteiger partial charge is 0.496 e. The maximum Gasteiger partial charge on any atom is 0.133 e. The second kappa shape index (κ2) is 7.30. The van der Waals surface area contributed by atoms with Crippen LogP contribution in [0.15, 0.2) is 22.7 Å². The number of hydrogen-bond donors (Lipinski definition) is 0. The zero-order valence-corrected chi connectivity index (χ0v) is 12.8. The van der Waals surface area contributed by atoms with Gasteiger partial charge in [0.05, 0.1) is 11.6 Å². The van der Waals surface area contributed by atoms with E-state index in [2.05, 4.69) is 55.8 Å². The molecule has 0 bridgehead atoms. The maximum atomic E-state index is 5.21. The summed E-state index contributed by atoms with van der Waals surface area (Å²) < 4.78 is 6.23. The second-order valence-corrected chi connectivity index (χ2v) is 5.17. The Labute approximate surface area is 114 Å². The van der Waals surface area contributed by atoms with Gasteiger partial charge in [0.25, 0.3) is 0 Å². The van der Waals surface area contributed by atoms with Crippen LogP contribution in [0.4, 0.5) is 0 Å². The molecule has 0 N–H and O–H groups in total. The van der Waals surface area contributed by atoms with Crippen LogP contribution in [0.5, 0.6) is 5.75 Å². The molecule has 1 aromatic carbocycles. The summed E-state index contributed by atoms with van der Waals surface area (Å²) in [6.07, 6.45) is 0. The van der Waals surface area contributed by atoms with Crippen LogP contribution in [0, 0.1) is 0 Å². The molecule has 4 heteroatoms. The highest BCUT2D eigenvalue weighted by Crippen LogP contribution is 2.25. The molecule has 0 radical (unpaired) electrons. The molecule has 0 unspecified atom stereocenters. The van der Waals surface area contributed by atoms with Crippen molar-refractivity contribution in [3.05, 3.63) is 28.2 Å². The first kappa shape index (κ1) is 14.0. The summed E-state index contributed by atoms with van der Waals surface area (Å²) in [7, 11) is 1.68. The van der Waals surface area contributed by atoms with Crippen molar-refractivity contribution in [3.8, 4) is 5.75 Å². The van der Waals surface area contributed by atoms with Crippen molar-refractivity contribution in [2.45, 2.75) is 13.5 Å². The van der Waals surface area contributed by atoms with Crippen LogP contribution in [0.1, 0.15) is 12.5 Å². The highest BCUT2D eigenvalue weighted by atomic mass is 79.9. The minimum atomic E-state index is 0.882. The third-order valence-electron chi connectivity index (χ3n) is 2.47. The Morgan fingerprint density at radius 1 is 1.38 bits per heavy atom. The minimum Gasteiger partial charge on any atom is -0.496 e. The lowest BCUT2D eigenvalue weighted by atomic mass is 10.2. The first-order valence-electron chi connectivity index (χ1n) is 5.32. The molecule has 0 fully saturated rings. The van der Waals surface area contributed by atoms with Crippen LogP contribution in [0.3, 0.4) is 0 Å². The molecule has 2 nitrogen and oxygen atoms in total. The number of methoxy groups -OCH3 is 1. The fourth-order valence-electron chi connectivity index (χ4n) is 1.53. The Bertz CT molecular complexity index is 331. The third kappa shape index (κ3) is 4.07. The zero-order valence-electron chi connectivity index (χ0n) is 9.67. The van der Waals surface area contributed by atoms with Crippen LogP contribution >= 0.6 is 31.9 Å². The average Bonchev–Trinajstić information content (AvgIpc) is 2.28. The standard InChI is InChI=1S/C12H17Br2NO/c1-3-15(7-6-13)9-10-4-5-12(16-2)11(14)8-10/h4-5,8H,3,6-7,9H2,1-2H3. The van der Waals surface area contributed by atoms with Gasteiger partial charge in [-0.15, -0.1) is 0 Å². The second-order valence-electron chi connectivity index (χ2n) is 3.53. The lowest BCUT2D eigenvalue weighted by molar-refractivity contribution is 0.299. The average molecular weight is 351 g/mol. The van der Waals surface area contributed by atoms with Crippen LogP contribution in [-0.4, -0.2) is 30.4 Å². The Balaban J connectivity index is 2.69. The molecule has 0 aliphatic carbocycles. The van der Waals surface area contributed by atoms with Gasteiger partial charge in [0.1, 0.15) is 5.75 Å². The first-order chi connectivity index (χ1) is 7.71. The van der Waals surface area contributed by atoms with Gasteiger partial charge < -0.3 is 4.74 Å². The lowest BCUT2D eigenvalue weighted by Crippen LogP contribution is -2.24. The summed E-state index contributed by atoms with van der Waals surface area (Å²) in [6, 6.07) is 6.23. The van der Waals surface area contributed by atoms with Gasteiger partial charge in [-0.3, -0.25) is 4.90 Å². The molecule has 1 aromatic rings. The van der Waals surface area contributed by atoms with Gasteiger partial charge in [0.2, 0.25) is 0 Å². The van der Waals surface area contributed by atoms with Crippen LogP contribution in [0.2, 0.25) is 0 Å². The molecule has 0 aliphatic rings. The van der Waals surface area contributed by atoms with Gasteiger partial charge in [-0.25, -0.2) is 0 Å². The van der Waals surface area contributed by atoms with Gasteiger partial charge in [-0.1, -0.05) is 28.9 Å². The van der Waals surface area contributed by atoms with Crippen molar-refractivity contribution in [2.75, 3.05) is 25.5 Å². The summed E-state index contributed by atoms with van der Waals surface area (Å²) in [5.74, 6) is 0.882. The summed E-state index contributed by atoms with van der Waals surface area (Å²) >= 11 is 6.98. The highest BCUT2D eigenvalue weighted by molar-refractivity contribution is 9.10. The van der Waals surface area contributed by atoms with E-state index in [1.807, 2.05) is 6.07 Å². The monoisotopic (exact) mass is 349 g/mol. The van der Waals surface area contributed by atoms with E-state index in [4.69, 9.17) is 4.74 Å². The summed E-state index contributed by atoms with van der Waals surface area (Å²) in [4.78, 5) is 2.39. The van der Waals surface area contributed by atoms with E-state index >= 15 is 0 Å². The van der Waals surface area contributed by atoms with Crippen molar-refractivity contribution in [3.63, 3.8) is 0 Å². The van der Waals surface area contributed by atoms with Crippen molar-refractivity contribution < 1.29 is 4.74 Å². The van der Waals surface area contributed by atoms with Crippen molar-refractivity contribution in [1.82, 2.24) is 4.90 Å². The smallest absolute Gasteiger partial charge is 0.133 e. The Hall–Kier alpha value is -0.0600. The summed E-state index contributed by atoms with van der Waals surface area (Å²) in [5, 5.41) is 1.01. The third-order valence-corrected chi connectivity index (χ3v) is 3.44. The molecule has 0 amide bonds. The quantitative estimate of drug-likeness (QED) is 0.726. The van der Waals surface area contributed by atoms with E-state index in [9.17, 15) is 0 Å². The van der Waals surface area contributed by atoms with Crippen LogP contribution in [-0.2, 0) is 6.54 Å². The fraction of sp³-hybridized carbons (Fsp3) is 0.500. The van der Waals surface area contributed by atoms with E-state index in [1.54, 1.807) is 7.11 Å².